The number of carbonyl (C=O) groups is 3. The van der Waals surface area contributed by atoms with Gasteiger partial charge in [-0.25, -0.2) is 0 Å². The summed E-state index contributed by atoms with van der Waals surface area (Å²) < 4.78 is 5.53. The molecular weight excluding hydrogens is 394 g/mol. The zero-order valence-electron chi connectivity index (χ0n) is 16.7. The fraction of sp³-hybridized carbons (Fsp3) is 0.125. The number of anilines is 2. The Morgan fingerprint density at radius 1 is 0.935 bits per heavy atom. The number of carbonyl (C=O) groups excluding carboxylic acids is 3. The Hall–Kier alpha value is -4.13. The molecule has 0 fully saturated rings. The van der Waals surface area contributed by atoms with Crippen molar-refractivity contribution in [1.29, 1.82) is 0 Å². The fourth-order valence-electron chi connectivity index (χ4n) is 3.28. The molecule has 0 radical (unpaired) electrons. The SMILES string of the molecule is O=C(CNC(=O)c1ccccc1)Nc1ccc2c(c1)N(Cc1ccccc1)C(=O)CO2. The maximum Gasteiger partial charge on any atom is 0.265 e. The van der Waals surface area contributed by atoms with E-state index in [9.17, 15) is 14.4 Å². The zero-order chi connectivity index (χ0) is 21.6. The standard InChI is InChI=1S/C24H21N3O4/c28-22(14-25-24(30)18-9-5-2-6-10-18)26-19-11-12-21-20(13-19)27(23(29)16-31-21)15-17-7-3-1-4-8-17/h1-13H,14-16H2,(H,25,30)(H,26,28). The Morgan fingerprint density at radius 2 is 1.65 bits per heavy atom. The third kappa shape index (κ3) is 4.90. The van der Waals surface area contributed by atoms with E-state index in [1.165, 1.54) is 0 Å². The number of amides is 3. The van der Waals surface area contributed by atoms with Crippen LogP contribution in [0.2, 0.25) is 0 Å². The molecule has 0 aromatic heterocycles. The Balaban J connectivity index is 1.43. The van der Waals surface area contributed by atoms with E-state index in [4.69, 9.17) is 4.74 Å². The van der Waals surface area contributed by atoms with Gasteiger partial charge in [0.1, 0.15) is 5.75 Å². The van der Waals surface area contributed by atoms with Crippen LogP contribution in [-0.4, -0.2) is 30.9 Å². The van der Waals surface area contributed by atoms with Crippen molar-refractivity contribution in [1.82, 2.24) is 5.32 Å². The van der Waals surface area contributed by atoms with Gasteiger partial charge in [0.25, 0.3) is 11.8 Å². The van der Waals surface area contributed by atoms with Gasteiger partial charge in [-0.2, -0.15) is 0 Å². The van der Waals surface area contributed by atoms with E-state index in [1.807, 2.05) is 36.4 Å². The van der Waals surface area contributed by atoms with Crippen LogP contribution in [0.1, 0.15) is 15.9 Å². The normalized spacial score (nSPS) is 12.5. The number of benzene rings is 3. The monoisotopic (exact) mass is 415 g/mol. The summed E-state index contributed by atoms with van der Waals surface area (Å²) in [7, 11) is 0. The molecule has 1 heterocycles. The van der Waals surface area contributed by atoms with Crippen molar-refractivity contribution in [2.45, 2.75) is 6.54 Å². The molecular formula is C24H21N3O4. The van der Waals surface area contributed by atoms with Crippen LogP contribution in [0.25, 0.3) is 0 Å². The lowest BCUT2D eigenvalue weighted by atomic mass is 10.1. The predicted molar refractivity (Wildman–Crippen MR) is 117 cm³/mol. The number of hydrogen-bond donors (Lipinski definition) is 2. The molecule has 7 nitrogen and oxygen atoms in total. The fourth-order valence-corrected chi connectivity index (χ4v) is 3.28. The van der Waals surface area contributed by atoms with E-state index in [0.29, 0.717) is 29.2 Å². The minimum Gasteiger partial charge on any atom is -0.482 e. The molecule has 0 saturated heterocycles. The third-order valence-electron chi connectivity index (χ3n) is 4.81. The van der Waals surface area contributed by atoms with Gasteiger partial charge in [-0.15, -0.1) is 0 Å². The smallest absolute Gasteiger partial charge is 0.265 e. The number of rotatable bonds is 6. The molecule has 0 spiro atoms. The highest BCUT2D eigenvalue weighted by Gasteiger charge is 2.26. The van der Waals surface area contributed by atoms with Gasteiger partial charge in [-0.3, -0.25) is 14.4 Å². The first-order valence-corrected chi connectivity index (χ1v) is 9.84. The van der Waals surface area contributed by atoms with Crippen LogP contribution >= 0.6 is 0 Å². The van der Waals surface area contributed by atoms with Gasteiger partial charge in [0, 0.05) is 11.3 Å². The largest absolute Gasteiger partial charge is 0.482 e. The van der Waals surface area contributed by atoms with Crippen LogP contribution in [0.3, 0.4) is 0 Å². The van der Waals surface area contributed by atoms with Gasteiger partial charge in [0.15, 0.2) is 6.61 Å². The zero-order valence-corrected chi connectivity index (χ0v) is 16.7. The summed E-state index contributed by atoms with van der Waals surface area (Å²) in [5.74, 6) is -0.281. The highest BCUT2D eigenvalue weighted by Crippen LogP contribution is 2.35. The second-order valence-electron chi connectivity index (χ2n) is 7.03. The molecule has 31 heavy (non-hydrogen) atoms. The van der Waals surface area contributed by atoms with Gasteiger partial charge in [0.2, 0.25) is 5.91 Å². The van der Waals surface area contributed by atoms with Gasteiger partial charge in [-0.05, 0) is 35.9 Å². The number of fused-ring (bicyclic) bond motifs is 1. The Morgan fingerprint density at radius 3 is 2.39 bits per heavy atom. The highest BCUT2D eigenvalue weighted by atomic mass is 16.5. The lowest BCUT2D eigenvalue weighted by Gasteiger charge is -2.30. The van der Waals surface area contributed by atoms with E-state index < -0.39 is 0 Å². The van der Waals surface area contributed by atoms with Crippen LogP contribution < -0.4 is 20.3 Å². The van der Waals surface area contributed by atoms with Crippen LogP contribution in [0.4, 0.5) is 11.4 Å². The summed E-state index contributed by atoms with van der Waals surface area (Å²) in [5, 5.41) is 5.34. The highest BCUT2D eigenvalue weighted by molar-refractivity contribution is 6.01. The second kappa shape index (κ2) is 9.13. The van der Waals surface area contributed by atoms with Crippen LogP contribution in [0.15, 0.2) is 78.9 Å². The maximum absolute atomic E-state index is 12.5. The molecule has 3 aromatic rings. The van der Waals surface area contributed by atoms with E-state index in [1.54, 1.807) is 47.4 Å². The molecule has 1 aliphatic rings. The van der Waals surface area contributed by atoms with Crippen molar-refractivity contribution in [2.24, 2.45) is 0 Å². The summed E-state index contributed by atoms with van der Waals surface area (Å²) in [5.41, 5.74) is 2.57. The van der Waals surface area contributed by atoms with Gasteiger partial charge in [-0.1, -0.05) is 48.5 Å². The minimum absolute atomic E-state index is 0.0307. The summed E-state index contributed by atoms with van der Waals surface area (Å²) in [6.07, 6.45) is 0. The van der Waals surface area contributed by atoms with Crippen LogP contribution in [-0.2, 0) is 16.1 Å². The minimum atomic E-state index is -0.373. The number of nitrogens with zero attached hydrogens (tertiary/aromatic N) is 1. The molecule has 1 aliphatic heterocycles. The quantitative estimate of drug-likeness (QED) is 0.648. The Bertz CT molecular complexity index is 1100. The van der Waals surface area contributed by atoms with Crippen LogP contribution in [0.5, 0.6) is 5.75 Å². The summed E-state index contributed by atoms with van der Waals surface area (Å²) in [6.45, 7) is 0.200. The van der Waals surface area contributed by atoms with Gasteiger partial charge < -0.3 is 20.3 Å². The Labute approximate surface area is 179 Å². The van der Waals surface area contributed by atoms with Gasteiger partial charge >= 0.3 is 0 Å². The lowest BCUT2D eigenvalue weighted by Crippen LogP contribution is -2.38. The summed E-state index contributed by atoms with van der Waals surface area (Å²) >= 11 is 0. The van der Waals surface area contributed by atoms with E-state index in [2.05, 4.69) is 10.6 Å². The molecule has 3 amide bonds. The number of ether oxygens (including phenoxy) is 1. The molecule has 2 N–H and O–H groups in total. The van der Waals surface area contributed by atoms with Crippen molar-refractivity contribution in [3.63, 3.8) is 0 Å². The Kier molecular flexibility index (Phi) is 5.93. The molecule has 3 aromatic carbocycles. The van der Waals surface area contributed by atoms with Crippen LogP contribution in [0, 0.1) is 0 Å². The molecule has 156 valence electrons. The van der Waals surface area contributed by atoms with E-state index >= 15 is 0 Å². The van der Waals surface area contributed by atoms with Crippen molar-refractivity contribution in [3.8, 4) is 5.75 Å². The van der Waals surface area contributed by atoms with E-state index in [0.717, 1.165) is 5.56 Å². The molecule has 0 aliphatic carbocycles. The third-order valence-corrected chi connectivity index (χ3v) is 4.81. The molecule has 0 atom stereocenters. The predicted octanol–water partition coefficient (Wildman–Crippen LogP) is 2.98. The molecule has 0 bridgehead atoms. The topological polar surface area (TPSA) is 87.7 Å². The average Bonchev–Trinajstić information content (AvgIpc) is 2.81. The number of hydrogen-bond acceptors (Lipinski definition) is 4. The van der Waals surface area contributed by atoms with Crippen molar-refractivity contribution >= 4 is 29.1 Å². The summed E-state index contributed by atoms with van der Waals surface area (Å²) in [6, 6.07) is 23.5. The molecule has 0 saturated carbocycles. The molecule has 7 heteroatoms. The lowest BCUT2D eigenvalue weighted by molar-refractivity contribution is -0.121. The van der Waals surface area contributed by atoms with Crippen molar-refractivity contribution in [2.75, 3.05) is 23.4 Å². The maximum atomic E-state index is 12.5. The van der Waals surface area contributed by atoms with Crippen molar-refractivity contribution in [3.05, 3.63) is 90.0 Å². The second-order valence-corrected chi connectivity index (χ2v) is 7.03. The molecule has 0 unspecified atom stereocenters. The average molecular weight is 415 g/mol. The first-order valence-electron chi connectivity index (χ1n) is 9.84. The number of nitrogens with one attached hydrogen (secondary N) is 2. The first kappa shape index (κ1) is 20.2. The van der Waals surface area contributed by atoms with Gasteiger partial charge in [0.05, 0.1) is 18.8 Å². The summed E-state index contributed by atoms with van der Waals surface area (Å²) in [4.78, 5) is 38.5. The molecule has 4 rings (SSSR count). The first-order chi connectivity index (χ1) is 15.1. The van der Waals surface area contributed by atoms with E-state index in [-0.39, 0.29) is 30.9 Å². The van der Waals surface area contributed by atoms with Crippen molar-refractivity contribution < 1.29 is 19.1 Å².